The van der Waals surface area contributed by atoms with Crippen LogP contribution in [-0.2, 0) is 0 Å². The van der Waals surface area contributed by atoms with Crippen LogP contribution in [0.5, 0.6) is 5.75 Å². The number of hydrogen-bond donors (Lipinski definition) is 0. The Bertz CT molecular complexity index is 950. The zero-order valence-corrected chi connectivity index (χ0v) is 16.1. The van der Waals surface area contributed by atoms with Crippen LogP contribution in [0.25, 0.3) is 11.0 Å². The zero-order valence-electron chi connectivity index (χ0n) is 16.1. The summed E-state index contributed by atoms with van der Waals surface area (Å²) in [5, 5.41) is 0. The molecule has 4 rings (SSSR count). The van der Waals surface area contributed by atoms with Crippen LogP contribution in [0, 0.1) is 0 Å². The summed E-state index contributed by atoms with van der Waals surface area (Å²) in [6.45, 7) is 2.57. The van der Waals surface area contributed by atoms with Gasteiger partial charge in [-0.05, 0) is 31.2 Å². The number of nitrogens with zero attached hydrogens (tertiary/aromatic N) is 4. The number of para-hydroxylation sites is 2. The minimum atomic E-state index is -2.61. The monoisotopic (exact) mass is 386 g/mol. The molecule has 0 N–H and O–H groups in total. The van der Waals surface area contributed by atoms with Crippen molar-refractivity contribution in [3.63, 3.8) is 0 Å². The maximum Gasteiger partial charge on any atom is 0.320 e. The second-order valence-electron chi connectivity index (χ2n) is 7.01. The van der Waals surface area contributed by atoms with Crippen LogP contribution in [-0.4, -0.2) is 47.7 Å². The first-order valence-corrected chi connectivity index (χ1v) is 9.46. The quantitative estimate of drug-likeness (QED) is 0.654. The maximum absolute atomic E-state index is 13.8. The number of methoxy groups -OCH3 is 1. The van der Waals surface area contributed by atoms with E-state index in [4.69, 9.17) is 4.74 Å². The normalized spacial score (nSPS) is 16.7. The SMILES string of the molecule is COc1cccc(N2CCN(C(C)c3nc4ccccc4n3C(F)F)CC2)c1. The van der Waals surface area contributed by atoms with E-state index in [-0.39, 0.29) is 6.04 Å². The molecule has 1 atom stereocenters. The number of benzene rings is 2. The van der Waals surface area contributed by atoms with Crippen molar-refractivity contribution in [2.75, 3.05) is 38.2 Å². The molecule has 0 saturated carbocycles. The van der Waals surface area contributed by atoms with Crippen molar-refractivity contribution in [3.8, 4) is 5.75 Å². The lowest BCUT2D eigenvalue weighted by Crippen LogP contribution is -2.47. The molecule has 2 heterocycles. The average molecular weight is 386 g/mol. The van der Waals surface area contributed by atoms with Gasteiger partial charge in [0.05, 0.1) is 24.2 Å². The Labute approximate surface area is 163 Å². The van der Waals surface area contributed by atoms with Gasteiger partial charge < -0.3 is 9.64 Å². The molecular formula is C21H24F2N4O. The van der Waals surface area contributed by atoms with Crippen LogP contribution in [0.2, 0.25) is 0 Å². The molecule has 28 heavy (non-hydrogen) atoms. The maximum atomic E-state index is 13.8. The fraction of sp³-hybridized carbons (Fsp3) is 0.381. The van der Waals surface area contributed by atoms with Gasteiger partial charge >= 0.3 is 6.55 Å². The first-order chi connectivity index (χ1) is 13.6. The highest BCUT2D eigenvalue weighted by Crippen LogP contribution is 2.30. The fourth-order valence-electron chi connectivity index (χ4n) is 3.90. The molecule has 0 bridgehead atoms. The van der Waals surface area contributed by atoms with E-state index < -0.39 is 6.55 Å². The summed E-state index contributed by atoms with van der Waals surface area (Å²) in [6, 6.07) is 14.9. The summed E-state index contributed by atoms with van der Waals surface area (Å²) < 4.78 is 33.9. The van der Waals surface area contributed by atoms with E-state index in [9.17, 15) is 8.78 Å². The summed E-state index contributed by atoms with van der Waals surface area (Å²) in [5.74, 6) is 1.25. The van der Waals surface area contributed by atoms with Crippen molar-refractivity contribution in [1.82, 2.24) is 14.5 Å². The van der Waals surface area contributed by atoms with Gasteiger partial charge in [0.2, 0.25) is 0 Å². The van der Waals surface area contributed by atoms with E-state index in [1.165, 1.54) is 0 Å². The largest absolute Gasteiger partial charge is 0.497 e. The van der Waals surface area contributed by atoms with Gasteiger partial charge in [-0.1, -0.05) is 18.2 Å². The zero-order chi connectivity index (χ0) is 19.7. The number of aromatic nitrogens is 2. The Morgan fingerprint density at radius 3 is 2.46 bits per heavy atom. The summed E-state index contributed by atoms with van der Waals surface area (Å²) >= 11 is 0. The number of halogens is 2. The summed E-state index contributed by atoms with van der Waals surface area (Å²) in [7, 11) is 1.66. The second kappa shape index (κ2) is 7.75. The van der Waals surface area contributed by atoms with Crippen molar-refractivity contribution in [2.45, 2.75) is 19.5 Å². The molecule has 1 aromatic heterocycles. The standard InChI is InChI=1S/C21H24F2N4O/c1-15(20-24-18-8-3-4-9-19(18)27(20)21(22)23)25-10-12-26(13-11-25)16-6-5-7-17(14-16)28-2/h3-9,14-15,21H,10-13H2,1-2H3. The molecule has 1 saturated heterocycles. The Kier molecular flexibility index (Phi) is 5.17. The van der Waals surface area contributed by atoms with Gasteiger partial charge in [-0.15, -0.1) is 0 Å². The van der Waals surface area contributed by atoms with E-state index in [1.807, 2.05) is 31.2 Å². The molecule has 3 aromatic rings. The predicted octanol–water partition coefficient (Wildman–Crippen LogP) is 4.32. The minimum absolute atomic E-state index is 0.186. The van der Waals surface area contributed by atoms with Crippen molar-refractivity contribution in [2.24, 2.45) is 0 Å². The van der Waals surface area contributed by atoms with Gasteiger partial charge in [-0.2, -0.15) is 8.78 Å². The lowest BCUT2D eigenvalue weighted by Gasteiger charge is -2.39. The number of piperazine rings is 1. The van der Waals surface area contributed by atoms with Crippen LogP contribution in [0.15, 0.2) is 48.5 Å². The molecule has 2 aromatic carbocycles. The Morgan fingerprint density at radius 2 is 1.75 bits per heavy atom. The van der Waals surface area contributed by atoms with E-state index in [0.717, 1.165) is 42.2 Å². The van der Waals surface area contributed by atoms with Crippen LogP contribution in [0.3, 0.4) is 0 Å². The van der Waals surface area contributed by atoms with Crippen LogP contribution >= 0.6 is 0 Å². The third-order valence-electron chi connectivity index (χ3n) is 5.47. The Morgan fingerprint density at radius 1 is 1.00 bits per heavy atom. The summed E-state index contributed by atoms with van der Waals surface area (Å²) in [4.78, 5) is 9.03. The van der Waals surface area contributed by atoms with Crippen molar-refractivity contribution >= 4 is 16.7 Å². The molecule has 7 heteroatoms. The molecule has 1 unspecified atom stereocenters. The number of rotatable bonds is 5. The number of alkyl halides is 2. The van der Waals surface area contributed by atoms with Gasteiger partial charge in [0.15, 0.2) is 0 Å². The average Bonchev–Trinajstić information content (AvgIpc) is 3.13. The van der Waals surface area contributed by atoms with Crippen molar-refractivity contribution in [1.29, 1.82) is 0 Å². The number of hydrogen-bond acceptors (Lipinski definition) is 4. The van der Waals surface area contributed by atoms with Gasteiger partial charge in [0.1, 0.15) is 11.6 Å². The molecule has 1 aliphatic heterocycles. The topological polar surface area (TPSA) is 33.5 Å². The highest BCUT2D eigenvalue weighted by Gasteiger charge is 2.28. The molecule has 0 aliphatic carbocycles. The van der Waals surface area contributed by atoms with Crippen LogP contribution < -0.4 is 9.64 Å². The number of fused-ring (bicyclic) bond motifs is 1. The third-order valence-corrected chi connectivity index (χ3v) is 5.47. The van der Waals surface area contributed by atoms with Gasteiger partial charge in [0.25, 0.3) is 0 Å². The lowest BCUT2D eigenvalue weighted by molar-refractivity contribution is 0.0641. The smallest absolute Gasteiger partial charge is 0.320 e. The van der Waals surface area contributed by atoms with E-state index in [0.29, 0.717) is 16.9 Å². The number of ether oxygens (including phenoxy) is 1. The van der Waals surface area contributed by atoms with E-state index in [1.54, 1.807) is 25.3 Å². The molecule has 5 nitrogen and oxygen atoms in total. The predicted molar refractivity (Wildman–Crippen MR) is 106 cm³/mol. The highest BCUT2D eigenvalue weighted by atomic mass is 19.3. The summed E-state index contributed by atoms with van der Waals surface area (Å²) in [5.41, 5.74) is 2.21. The highest BCUT2D eigenvalue weighted by molar-refractivity contribution is 5.76. The summed E-state index contributed by atoms with van der Waals surface area (Å²) in [6.07, 6.45) is 0. The van der Waals surface area contributed by atoms with Crippen LogP contribution in [0.1, 0.15) is 25.3 Å². The first-order valence-electron chi connectivity index (χ1n) is 9.46. The minimum Gasteiger partial charge on any atom is -0.497 e. The molecule has 0 spiro atoms. The lowest BCUT2D eigenvalue weighted by atomic mass is 10.2. The number of anilines is 1. The fourth-order valence-corrected chi connectivity index (χ4v) is 3.90. The molecular weight excluding hydrogens is 362 g/mol. The molecule has 0 radical (unpaired) electrons. The second-order valence-corrected chi connectivity index (χ2v) is 7.01. The Balaban J connectivity index is 1.52. The molecule has 1 fully saturated rings. The Hall–Kier alpha value is -2.67. The van der Waals surface area contributed by atoms with Crippen molar-refractivity contribution in [3.05, 3.63) is 54.4 Å². The van der Waals surface area contributed by atoms with Gasteiger partial charge in [0, 0.05) is 37.9 Å². The van der Waals surface area contributed by atoms with Gasteiger partial charge in [-0.3, -0.25) is 9.47 Å². The number of imidazole rings is 1. The molecule has 148 valence electrons. The van der Waals surface area contributed by atoms with E-state index >= 15 is 0 Å². The van der Waals surface area contributed by atoms with Crippen LogP contribution in [0.4, 0.5) is 14.5 Å². The first kappa shape index (κ1) is 18.7. The van der Waals surface area contributed by atoms with E-state index in [2.05, 4.69) is 20.9 Å². The van der Waals surface area contributed by atoms with Gasteiger partial charge in [-0.25, -0.2) is 4.98 Å². The third kappa shape index (κ3) is 3.42. The van der Waals surface area contributed by atoms with Crippen molar-refractivity contribution < 1.29 is 13.5 Å². The molecule has 0 amide bonds. The molecule has 1 aliphatic rings.